The highest BCUT2D eigenvalue weighted by molar-refractivity contribution is 5.94. The molecule has 0 atom stereocenters. The lowest BCUT2D eigenvalue weighted by Gasteiger charge is -2.45. The summed E-state index contributed by atoms with van der Waals surface area (Å²) in [5.74, 6) is -0.511. The predicted molar refractivity (Wildman–Crippen MR) is 111 cm³/mol. The molecule has 33 heavy (non-hydrogen) atoms. The van der Waals surface area contributed by atoms with Crippen LogP contribution in [0.2, 0.25) is 0 Å². The molecule has 5 rings (SSSR count). The number of fused-ring (bicyclic) bond motifs is 4. The molecule has 0 unspecified atom stereocenters. The highest BCUT2D eigenvalue weighted by atomic mass is 19.4. The Hall–Kier alpha value is -3.49. The van der Waals surface area contributed by atoms with Crippen molar-refractivity contribution < 1.29 is 31.8 Å². The Balaban J connectivity index is 1.46. The van der Waals surface area contributed by atoms with Gasteiger partial charge in [-0.1, -0.05) is 12.1 Å². The highest BCUT2D eigenvalue weighted by Gasteiger charge is 2.48. The summed E-state index contributed by atoms with van der Waals surface area (Å²) in [7, 11) is 1.41. The fourth-order valence-corrected chi connectivity index (χ4v) is 4.66. The van der Waals surface area contributed by atoms with Gasteiger partial charge in [-0.2, -0.15) is 13.2 Å². The number of nitrogens with zero attached hydrogens (tertiary/aromatic N) is 2. The number of rotatable bonds is 2. The van der Waals surface area contributed by atoms with E-state index in [1.54, 1.807) is 24.3 Å². The van der Waals surface area contributed by atoms with Gasteiger partial charge in [0.25, 0.3) is 5.91 Å². The minimum Gasteiger partial charge on any atom is -0.497 e. The van der Waals surface area contributed by atoms with E-state index < -0.39 is 29.2 Å². The molecule has 3 aromatic rings. The molecule has 0 saturated carbocycles. The summed E-state index contributed by atoms with van der Waals surface area (Å²) >= 11 is 0. The van der Waals surface area contributed by atoms with Crippen molar-refractivity contribution in [1.29, 1.82) is 0 Å². The third-order valence-corrected chi connectivity index (χ3v) is 6.31. The number of carbonyl (C=O) groups excluding carboxylic acids is 1. The molecule has 0 aliphatic carbocycles. The van der Waals surface area contributed by atoms with Crippen molar-refractivity contribution in [1.82, 2.24) is 9.47 Å². The molecule has 1 saturated heterocycles. The molecule has 1 spiro atoms. The van der Waals surface area contributed by atoms with E-state index >= 15 is 0 Å². The van der Waals surface area contributed by atoms with Crippen LogP contribution in [-0.2, 0) is 11.8 Å². The molecule has 0 bridgehead atoms. The number of halogens is 4. The first kappa shape index (κ1) is 21.4. The molecular weight excluding hydrogens is 440 g/mol. The molecule has 1 aromatic heterocycles. The van der Waals surface area contributed by atoms with E-state index in [0.29, 0.717) is 22.9 Å². The van der Waals surface area contributed by atoms with Gasteiger partial charge in [0, 0.05) is 32.0 Å². The number of ether oxygens (including phenoxy) is 2. The number of hydrogen-bond donors (Lipinski definition) is 0. The maximum absolute atomic E-state index is 14.4. The largest absolute Gasteiger partial charge is 0.497 e. The average molecular weight is 460 g/mol. The van der Waals surface area contributed by atoms with Gasteiger partial charge in [-0.15, -0.1) is 0 Å². The van der Waals surface area contributed by atoms with E-state index in [0.717, 1.165) is 12.1 Å². The number of amides is 1. The van der Waals surface area contributed by atoms with Crippen molar-refractivity contribution >= 4 is 5.91 Å². The lowest BCUT2D eigenvalue weighted by Crippen LogP contribution is -2.50. The van der Waals surface area contributed by atoms with Crippen molar-refractivity contribution in [3.63, 3.8) is 0 Å². The molecule has 1 fully saturated rings. The quantitative estimate of drug-likeness (QED) is 0.496. The van der Waals surface area contributed by atoms with Crippen LogP contribution in [-0.4, -0.2) is 35.6 Å². The first-order valence-corrected chi connectivity index (χ1v) is 10.4. The maximum Gasteiger partial charge on any atom is 0.431 e. The Morgan fingerprint density at radius 2 is 1.79 bits per heavy atom. The third kappa shape index (κ3) is 3.42. The predicted octanol–water partition coefficient (Wildman–Crippen LogP) is 5.17. The molecule has 5 nitrogen and oxygen atoms in total. The first-order valence-electron chi connectivity index (χ1n) is 10.4. The number of methoxy groups -OCH3 is 1. The molecule has 172 valence electrons. The van der Waals surface area contributed by atoms with Crippen LogP contribution in [0.3, 0.4) is 0 Å². The van der Waals surface area contributed by atoms with Gasteiger partial charge in [-0.05, 0) is 36.4 Å². The topological polar surface area (TPSA) is 43.7 Å². The van der Waals surface area contributed by atoms with Gasteiger partial charge < -0.3 is 18.9 Å². The van der Waals surface area contributed by atoms with Gasteiger partial charge in [0.2, 0.25) is 0 Å². The molecule has 1 amide bonds. The fourth-order valence-electron chi connectivity index (χ4n) is 4.66. The van der Waals surface area contributed by atoms with Crippen LogP contribution in [0.1, 0.15) is 34.6 Å². The zero-order valence-corrected chi connectivity index (χ0v) is 17.7. The van der Waals surface area contributed by atoms with Gasteiger partial charge in [-0.3, -0.25) is 4.79 Å². The van der Waals surface area contributed by atoms with E-state index in [1.807, 2.05) is 0 Å². The van der Waals surface area contributed by atoms with Crippen molar-refractivity contribution in [3.8, 4) is 17.2 Å². The van der Waals surface area contributed by atoms with E-state index in [-0.39, 0.29) is 31.5 Å². The Labute approximate surface area is 187 Å². The Bertz CT molecular complexity index is 1230. The summed E-state index contributed by atoms with van der Waals surface area (Å²) in [5.41, 5.74) is -1.14. The molecule has 0 radical (unpaired) electrons. The summed E-state index contributed by atoms with van der Waals surface area (Å²) in [6, 6.07) is 13.1. The van der Waals surface area contributed by atoms with Crippen LogP contribution >= 0.6 is 0 Å². The van der Waals surface area contributed by atoms with Gasteiger partial charge in [-0.25, -0.2) is 4.39 Å². The van der Waals surface area contributed by atoms with Gasteiger partial charge in [0.1, 0.15) is 23.0 Å². The molecular formula is C24H20F4N2O3. The number of para-hydroxylation sites is 2. The minimum absolute atomic E-state index is 0.0793. The molecule has 2 aliphatic rings. The first-order chi connectivity index (χ1) is 15.7. The second-order valence-corrected chi connectivity index (χ2v) is 8.14. The molecule has 3 heterocycles. The number of carbonyl (C=O) groups is 1. The SMILES string of the molecule is COc1ccc(C(=O)N2CCC3(CC2)Oc2ccccc2-n2c(C(F)(F)F)ccc23)c(F)c1. The molecule has 9 heteroatoms. The summed E-state index contributed by atoms with van der Waals surface area (Å²) in [6.45, 7) is 0.415. The fraction of sp³-hybridized carbons (Fsp3) is 0.292. The summed E-state index contributed by atoms with van der Waals surface area (Å²) in [4.78, 5) is 14.4. The Morgan fingerprint density at radius 3 is 2.45 bits per heavy atom. The van der Waals surface area contributed by atoms with E-state index in [9.17, 15) is 22.4 Å². The second kappa shape index (κ2) is 7.54. The number of benzene rings is 2. The van der Waals surface area contributed by atoms with Crippen LogP contribution in [0.5, 0.6) is 11.5 Å². The smallest absolute Gasteiger partial charge is 0.431 e. The monoisotopic (exact) mass is 460 g/mol. The van der Waals surface area contributed by atoms with E-state index in [2.05, 4.69) is 0 Å². The van der Waals surface area contributed by atoms with Crippen LogP contribution < -0.4 is 9.47 Å². The Kier molecular flexibility index (Phi) is 4.88. The molecule has 2 aliphatic heterocycles. The van der Waals surface area contributed by atoms with Gasteiger partial charge in [0.05, 0.1) is 24.1 Å². The summed E-state index contributed by atoms with van der Waals surface area (Å²) in [5, 5.41) is 0. The van der Waals surface area contributed by atoms with Gasteiger partial charge >= 0.3 is 6.18 Å². The summed E-state index contributed by atoms with van der Waals surface area (Å²) < 4.78 is 68.1. The van der Waals surface area contributed by atoms with Crippen LogP contribution in [0.25, 0.3) is 5.69 Å². The van der Waals surface area contributed by atoms with E-state index in [4.69, 9.17) is 9.47 Å². The highest BCUT2D eigenvalue weighted by Crippen LogP contribution is 2.48. The van der Waals surface area contributed by atoms with Crippen molar-refractivity contribution in [3.05, 3.63) is 77.4 Å². The van der Waals surface area contributed by atoms with Crippen LogP contribution in [0.4, 0.5) is 17.6 Å². The zero-order chi connectivity index (χ0) is 23.4. The number of aromatic nitrogens is 1. The van der Waals surface area contributed by atoms with Crippen LogP contribution in [0.15, 0.2) is 54.6 Å². The summed E-state index contributed by atoms with van der Waals surface area (Å²) in [6.07, 6.45) is -4.00. The number of alkyl halides is 3. The number of hydrogen-bond acceptors (Lipinski definition) is 3. The maximum atomic E-state index is 14.4. The zero-order valence-electron chi connectivity index (χ0n) is 17.7. The lowest BCUT2D eigenvalue weighted by atomic mass is 9.86. The van der Waals surface area contributed by atoms with Crippen molar-refractivity contribution in [2.24, 2.45) is 0 Å². The number of piperidine rings is 1. The minimum atomic E-state index is -4.54. The standard InChI is InChI=1S/C24H20F4N2O3/c1-32-15-6-7-16(17(25)14-15)22(31)29-12-10-23(11-13-29)20-8-9-21(24(26,27)28)30(20)18-4-2-3-5-19(18)33-23/h2-9,14H,10-13H2,1H3. The lowest BCUT2D eigenvalue weighted by molar-refractivity contribution is -0.143. The second-order valence-electron chi connectivity index (χ2n) is 8.14. The average Bonchev–Trinajstić information content (AvgIpc) is 3.26. The van der Waals surface area contributed by atoms with Crippen molar-refractivity contribution in [2.45, 2.75) is 24.6 Å². The number of likely N-dealkylation sites (tertiary alicyclic amines) is 1. The van der Waals surface area contributed by atoms with Crippen molar-refractivity contribution in [2.75, 3.05) is 20.2 Å². The van der Waals surface area contributed by atoms with E-state index in [1.165, 1.54) is 34.8 Å². The van der Waals surface area contributed by atoms with Gasteiger partial charge in [0.15, 0.2) is 5.60 Å². The molecule has 0 N–H and O–H groups in total. The van der Waals surface area contributed by atoms with Crippen LogP contribution in [0, 0.1) is 5.82 Å². The third-order valence-electron chi connectivity index (χ3n) is 6.31. The normalized spacial score (nSPS) is 16.7. The Morgan fingerprint density at radius 1 is 1.06 bits per heavy atom. The molecule has 2 aromatic carbocycles.